The Bertz CT molecular complexity index is 821. The van der Waals surface area contributed by atoms with Crippen LogP contribution in [0.15, 0.2) is 35.7 Å². The third kappa shape index (κ3) is 3.35. The SMILES string of the molecule is O=C(c1ccc([N+](=O)[O-])cc1)N1CCCN(C(=O)CCl)c2sccc21. The summed E-state index contributed by atoms with van der Waals surface area (Å²) >= 11 is 7.06. The molecule has 1 aliphatic rings. The number of alkyl halides is 1. The Kier molecular flexibility index (Phi) is 5.00. The molecule has 0 bridgehead atoms. The molecular weight excluding hydrogens is 366 g/mol. The number of benzene rings is 1. The molecule has 0 atom stereocenters. The Balaban J connectivity index is 1.92. The second-order valence-corrected chi connectivity index (χ2v) is 6.57. The molecule has 0 saturated heterocycles. The van der Waals surface area contributed by atoms with E-state index in [0.29, 0.717) is 35.8 Å². The molecule has 2 aromatic rings. The third-order valence-corrected chi connectivity index (χ3v) is 5.06. The van der Waals surface area contributed by atoms with E-state index in [1.165, 1.54) is 35.6 Å². The van der Waals surface area contributed by atoms with E-state index in [2.05, 4.69) is 0 Å². The summed E-state index contributed by atoms with van der Waals surface area (Å²) in [6, 6.07) is 7.30. The van der Waals surface area contributed by atoms with E-state index in [-0.39, 0.29) is 23.4 Å². The van der Waals surface area contributed by atoms with Crippen LogP contribution in [-0.2, 0) is 4.79 Å². The summed E-state index contributed by atoms with van der Waals surface area (Å²) < 4.78 is 0. The quantitative estimate of drug-likeness (QED) is 0.465. The molecule has 0 radical (unpaired) electrons. The van der Waals surface area contributed by atoms with Crippen molar-refractivity contribution in [3.63, 3.8) is 0 Å². The second kappa shape index (κ2) is 7.20. The van der Waals surface area contributed by atoms with E-state index < -0.39 is 4.92 Å². The summed E-state index contributed by atoms with van der Waals surface area (Å²) in [5.74, 6) is -0.571. The number of anilines is 2. The highest BCUT2D eigenvalue weighted by Gasteiger charge is 2.29. The number of carbonyl (C=O) groups is 2. The number of rotatable bonds is 3. The van der Waals surface area contributed by atoms with Crippen LogP contribution in [-0.4, -0.2) is 35.7 Å². The van der Waals surface area contributed by atoms with E-state index >= 15 is 0 Å². The average Bonchev–Trinajstić information content (AvgIpc) is 3.02. The van der Waals surface area contributed by atoms with Gasteiger partial charge in [0.25, 0.3) is 11.6 Å². The summed E-state index contributed by atoms with van der Waals surface area (Å²) in [6.45, 7) is 0.939. The molecule has 0 aliphatic carbocycles. The van der Waals surface area contributed by atoms with Gasteiger partial charge in [-0.05, 0) is 30.0 Å². The minimum Gasteiger partial charge on any atom is -0.305 e. The van der Waals surface area contributed by atoms with Crippen molar-refractivity contribution >= 4 is 51.1 Å². The number of nitrogens with zero attached hydrogens (tertiary/aromatic N) is 3. The van der Waals surface area contributed by atoms with Crippen molar-refractivity contribution in [3.8, 4) is 0 Å². The van der Waals surface area contributed by atoms with E-state index in [0.717, 1.165) is 0 Å². The minimum absolute atomic E-state index is 0.0671. The zero-order valence-electron chi connectivity index (χ0n) is 13.1. The monoisotopic (exact) mass is 379 g/mol. The fraction of sp³-hybridized carbons (Fsp3) is 0.250. The van der Waals surface area contributed by atoms with Crippen LogP contribution in [0, 0.1) is 10.1 Å². The first kappa shape index (κ1) is 17.4. The molecule has 0 unspecified atom stereocenters. The van der Waals surface area contributed by atoms with Crippen LogP contribution in [0.2, 0.25) is 0 Å². The predicted molar refractivity (Wildman–Crippen MR) is 96.8 cm³/mol. The van der Waals surface area contributed by atoms with Gasteiger partial charge in [-0.3, -0.25) is 19.7 Å². The summed E-state index contributed by atoms with van der Waals surface area (Å²) in [5.41, 5.74) is 0.951. The van der Waals surface area contributed by atoms with Gasteiger partial charge in [-0.15, -0.1) is 22.9 Å². The molecule has 3 rings (SSSR count). The molecular formula is C16H14ClN3O4S. The summed E-state index contributed by atoms with van der Waals surface area (Å²) in [7, 11) is 0. The number of fused-ring (bicyclic) bond motifs is 1. The largest absolute Gasteiger partial charge is 0.305 e. The fourth-order valence-electron chi connectivity index (χ4n) is 2.71. The number of thiophene rings is 1. The Morgan fingerprint density at radius 1 is 1.16 bits per heavy atom. The smallest absolute Gasteiger partial charge is 0.269 e. The zero-order valence-corrected chi connectivity index (χ0v) is 14.6. The predicted octanol–water partition coefficient (Wildman–Crippen LogP) is 3.28. The summed E-state index contributed by atoms with van der Waals surface area (Å²) in [5, 5.41) is 13.3. The van der Waals surface area contributed by atoms with Gasteiger partial charge in [0.05, 0.1) is 10.6 Å². The van der Waals surface area contributed by atoms with Gasteiger partial charge in [0.15, 0.2) is 0 Å². The number of amides is 2. The number of hydrogen-bond acceptors (Lipinski definition) is 5. The van der Waals surface area contributed by atoms with Gasteiger partial charge in [-0.2, -0.15) is 0 Å². The zero-order chi connectivity index (χ0) is 18.0. The van der Waals surface area contributed by atoms with Crippen molar-refractivity contribution in [3.05, 3.63) is 51.4 Å². The Labute approximate surface area is 152 Å². The normalized spacial score (nSPS) is 14.0. The molecule has 0 saturated carbocycles. The van der Waals surface area contributed by atoms with Crippen molar-refractivity contribution in [2.45, 2.75) is 6.42 Å². The average molecular weight is 380 g/mol. The maximum absolute atomic E-state index is 12.9. The highest BCUT2D eigenvalue weighted by Crippen LogP contribution is 2.38. The van der Waals surface area contributed by atoms with E-state index in [1.807, 2.05) is 5.38 Å². The molecule has 0 N–H and O–H groups in total. The maximum atomic E-state index is 12.9. The number of non-ortho nitro benzene ring substituents is 1. The standard InChI is InChI=1S/C16H14ClN3O4S/c17-10-14(21)19-8-1-7-18(13-6-9-25-16(13)19)15(22)11-2-4-12(5-3-11)20(23)24/h2-6,9H,1,7-8,10H2. The maximum Gasteiger partial charge on any atom is 0.269 e. The number of carbonyl (C=O) groups excluding carboxylic acids is 2. The molecule has 2 heterocycles. The van der Waals surface area contributed by atoms with Crippen molar-refractivity contribution in [1.82, 2.24) is 0 Å². The molecule has 0 fully saturated rings. The van der Waals surface area contributed by atoms with Crippen LogP contribution in [0.4, 0.5) is 16.4 Å². The fourth-order valence-corrected chi connectivity index (χ4v) is 3.80. The molecule has 2 amide bonds. The van der Waals surface area contributed by atoms with Crippen molar-refractivity contribution in [1.29, 1.82) is 0 Å². The van der Waals surface area contributed by atoms with Crippen LogP contribution in [0.25, 0.3) is 0 Å². The van der Waals surface area contributed by atoms with Crippen molar-refractivity contribution in [2.24, 2.45) is 0 Å². The van der Waals surface area contributed by atoms with Crippen LogP contribution in [0.5, 0.6) is 0 Å². The Morgan fingerprint density at radius 2 is 1.84 bits per heavy atom. The van der Waals surface area contributed by atoms with E-state index in [4.69, 9.17) is 11.6 Å². The van der Waals surface area contributed by atoms with E-state index in [1.54, 1.807) is 15.9 Å². The van der Waals surface area contributed by atoms with Gasteiger partial charge in [-0.25, -0.2) is 0 Å². The number of hydrogen-bond donors (Lipinski definition) is 0. The van der Waals surface area contributed by atoms with Gasteiger partial charge >= 0.3 is 0 Å². The first-order valence-electron chi connectivity index (χ1n) is 7.53. The molecule has 0 spiro atoms. The molecule has 130 valence electrons. The second-order valence-electron chi connectivity index (χ2n) is 5.40. The molecule has 1 aliphatic heterocycles. The van der Waals surface area contributed by atoms with Gasteiger partial charge in [0, 0.05) is 30.8 Å². The number of halogens is 1. The molecule has 1 aromatic carbocycles. The lowest BCUT2D eigenvalue weighted by Crippen LogP contribution is -2.31. The van der Waals surface area contributed by atoms with E-state index in [9.17, 15) is 19.7 Å². The summed E-state index contributed by atoms with van der Waals surface area (Å²) in [6.07, 6.45) is 0.614. The topological polar surface area (TPSA) is 83.8 Å². The lowest BCUT2D eigenvalue weighted by molar-refractivity contribution is -0.384. The van der Waals surface area contributed by atoms with Crippen molar-refractivity contribution in [2.75, 3.05) is 28.8 Å². The van der Waals surface area contributed by atoms with Crippen LogP contribution >= 0.6 is 22.9 Å². The third-order valence-electron chi connectivity index (χ3n) is 3.91. The lowest BCUT2D eigenvalue weighted by Gasteiger charge is -2.22. The molecule has 9 heteroatoms. The Hall–Kier alpha value is -2.45. The van der Waals surface area contributed by atoms with Gasteiger partial charge in [-0.1, -0.05) is 0 Å². The van der Waals surface area contributed by atoms with Crippen LogP contribution in [0.1, 0.15) is 16.8 Å². The van der Waals surface area contributed by atoms with Gasteiger partial charge in [0.1, 0.15) is 10.9 Å². The minimum atomic E-state index is -0.507. The van der Waals surface area contributed by atoms with Crippen LogP contribution in [0.3, 0.4) is 0 Å². The van der Waals surface area contributed by atoms with Gasteiger partial charge in [0.2, 0.25) is 5.91 Å². The van der Waals surface area contributed by atoms with Crippen molar-refractivity contribution < 1.29 is 14.5 Å². The number of nitro benzene ring substituents is 1. The lowest BCUT2D eigenvalue weighted by atomic mass is 10.1. The highest BCUT2D eigenvalue weighted by molar-refractivity contribution is 7.15. The first-order chi connectivity index (χ1) is 12.0. The molecule has 7 nitrogen and oxygen atoms in total. The molecule has 25 heavy (non-hydrogen) atoms. The Morgan fingerprint density at radius 3 is 2.48 bits per heavy atom. The highest BCUT2D eigenvalue weighted by atomic mass is 35.5. The van der Waals surface area contributed by atoms with Gasteiger partial charge < -0.3 is 9.80 Å². The summed E-state index contributed by atoms with van der Waals surface area (Å²) in [4.78, 5) is 38.4. The molecule has 1 aromatic heterocycles. The number of nitro groups is 1. The van der Waals surface area contributed by atoms with Crippen LogP contribution < -0.4 is 9.80 Å². The first-order valence-corrected chi connectivity index (χ1v) is 8.94.